The van der Waals surface area contributed by atoms with Crippen LogP contribution >= 0.6 is 0 Å². The van der Waals surface area contributed by atoms with Gasteiger partial charge in [-0.05, 0) is 37.1 Å². The molecular formula is C10H18N2O. The largest absolute Gasteiger partial charge is 0.356 e. The minimum atomic E-state index is 0.211. The van der Waals surface area contributed by atoms with Crippen molar-refractivity contribution >= 4 is 5.91 Å². The maximum absolute atomic E-state index is 11.0. The monoisotopic (exact) mass is 182 g/mol. The molecular weight excluding hydrogens is 164 g/mol. The van der Waals surface area contributed by atoms with Gasteiger partial charge in [-0.2, -0.15) is 0 Å². The Morgan fingerprint density at radius 1 is 1.54 bits per heavy atom. The predicted octanol–water partition coefficient (Wildman–Crippen LogP) is 0.642. The van der Waals surface area contributed by atoms with Gasteiger partial charge in [0.15, 0.2) is 0 Å². The number of carbonyl (C=O) groups is 1. The number of nitrogens with two attached hydrogens (primary N) is 1. The molecule has 0 aromatic carbocycles. The van der Waals surface area contributed by atoms with Gasteiger partial charge in [0.25, 0.3) is 0 Å². The van der Waals surface area contributed by atoms with E-state index >= 15 is 0 Å². The standard InChI is InChI=1S/C10H18N2O/c11-7-10(4-1-5-10)8-2-3-9(13)12-6-8/h8H,1-7,11H2,(H,12,13). The highest BCUT2D eigenvalue weighted by Crippen LogP contribution is 2.48. The van der Waals surface area contributed by atoms with E-state index in [-0.39, 0.29) is 5.91 Å². The highest BCUT2D eigenvalue weighted by molar-refractivity contribution is 5.76. The van der Waals surface area contributed by atoms with Crippen molar-refractivity contribution in [2.75, 3.05) is 13.1 Å². The van der Waals surface area contributed by atoms with Crippen molar-refractivity contribution < 1.29 is 4.79 Å². The lowest BCUT2D eigenvalue weighted by atomic mass is 9.59. The molecule has 3 nitrogen and oxygen atoms in total. The van der Waals surface area contributed by atoms with Gasteiger partial charge in [-0.15, -0.1) is 0 Å². The third kappa shape index (κ3) is 1.46. The molecule has 1 saturated carbocycles. The normalized spacial score (nSPS) is 32.1. The van der Waals surface area contributed by atoms with E-state index in [2.05, 4.69) is 5.32 Å². The zero-order valence-corrected chi connectivity index (χ0v) is 8.01. The third-order valence-corrected chi connectivity index (χ3v) is 3.89. The number of hydrogen-bond acceptors (Lipinski definition) is 2. The molecule has 2 rings (SSSR count). The van der Waals surface area contributed by atoms with Gasteiger partial charge in [-0.1, -0.05) is 6.42 Å². The molecule has 2 fully saturated rings. The smallest absolute Gasteiger partial charge is 0.220 e. The Balaban J connectivity index is 1.96. The topological polar surface area (TPSA) is 55.1 Å². The average molecular weight is 182 g/mol. The summed E-state index contributed by atoms with van der Waals surface area (Å²) in [6, 6.07) is 0. The highest BCUT2D eigenvalue weighted by atomic mass is 16.1. The molecule has 13 heavy (non-hydrogen) atoms. The van der Waals surface area contributed by atoms with Crippen molar-refractivity contribution in [3.8, 4) is 0 Å². The van der Waals surface area contributed by atoms with E-state index in [1.165, 1.54) is 19.3 Å². The molecule has 1 amide bonds. The molecule has 0 bridgehead atoms. The minimum absolute atomic E-state index is 0.211. The molecule has 1 heterocycles. The van der Waals surface area contributed by atoms with E-state index in [4.69, 9.17) is 5.73 Å². The first kappa shape index (κ1) is 9.00. The molecule has 1 saturated heterocycles. The van der Waals surface area contributed by atoms with Crippen molar-refractivity contribution in [3.05, 3.63) is 0 Å². The van der Waals surface area contributed by atoms with E-state index in [1.54, 1.807) is 0 Å². The van der Waals surface area contributed by atoms with Gasteiger partial charge in [0.2, 0.25) is 5.91 Å². The van der Waals surface area contributed by atoms with Crippen molar-refractivity contribution in [3.63, 3.8) is 0 Å². The molecule has 74 valence electrons. The zero-order chi connectivity index (χ0) is 9.31. The van der Waals surface area contributed by atoms with Crippen LogP contribution < -0.4 is 11.1 Å². The summed E-state index contributed by atoms with van der Waals surface area (Å²) in [7, 11) is 0. The third-order valence-electron chi connectivity index (χ3n) is 3.89. The van der Waals surface area contributed by atoms with Crippen molar-refractivity contribution in [1.29, 1.82) is 0 Å². The number of amides is 1. The molecule has 1 atom stereocenters. The summed E-state index contributed by atoms with van der Waals surface area (Å²) >= 11 is 0. The Morgan fingerprint density at radius 2 is 2.31 bits per heavy atom. The number of nitrogens with one attached hydrogen (secondary N) is 1. The second-order valence-corrected chi connectivity index (χ2v) is 4.46. The van der Waals surface area contributed by atoms with Crippen LogP contribution in [0.15, 0.2) is 0 Å². The molecule has 1 aliphatic carbocycles. The van der Waals surface area contributed by atoms with Gasteiger partial charge >= 0.3 is 0 Å². The minimum Gasteiger partial charge on any atom is -0.356 e. The van der Waals surface area contributed by atoms with E-state index < -0.39 is 0 Å². The lowest BCUT2D eigenvalue weighted by Gasteiger charge is -2.48. The molecule has 0 radical (unpaired) electrons. The van der Waals surface area contributed by atoms with Crippen LogP contribution in [0.25, 0.3) is 0 Å². The van der Waals surface area contributed by atoms with E-state index in [1.807, 2.05) is 0 Å². The SMILES string of the molecule is NCC1(C2CCC(=O)NC2)CCC1. The van der Waals surface area contributed by atoms with E-state index in [0.717, 1.165) is 19.5 Å². The predicted molar refractivity (Wildman–Crippen MR) is 51.1 cm³/mol. The van der Waals surface area contributed by atoms with Gasteiger partial charge in [0.1, 0.15) is 0 Å². The second-order valence-electron chi connectivity index (χ2n) is 4.46. The lowest BCUT2D eigenvalue weighted by Crippen LogP contribution is -2.50. The van der Waals surface area contributed by atoms with Crippen LogP contribution in [0.4, 0.5) is 0 Å². The van der Waals surface area contributed by atoms with Crippen LogP contribution in [0, 0.1) is 11.3 Å². The molecule has 0 aromatic heterocycles. The Labute approximate surface area is 79.1 Å². The Morgan fingerprint density at radius 3 is 2.69 bits per heavy atom. The summed E-state index contributed by atoms with van der Waals surface area (Å²) in [6.07, 6.45) is 5.60. The van der Waals surface area contributed by atoms with Crippen LogP contribution in [0.3, 0.4) is 0 Å². The van der Waals surface area contributed by atoms with Gasteiger partial charge in [-0.25, -0.2) is 0 Å². The maximum atomic E-state index is 11.0. The van der Waals surface area contributed by atoms with Gasteiger partial charge in [0, 0.05) is 13.0 Å². The van der Waals surface area contributed by atoms with Crippen LogP contribution in [0.5, 0.6) is 0 Å². The zero-order valence-electron chi connectivity index (χ0n) is 8.01. The molecule has 3 N–H and O–H groups in total. The van der Waals surface area contributed by atoms with Crippen LogP contribution in [0.2, 0.25) is 0 Å². The number of piperidine rings is 1. The molecule has 3 heteroatoms. The second kappa shape index (κ2) is 3.29. The van der Waals surface area contributed by atoms with Crippen LogP contribution in [0.1, 0.15) is 32.1 Å². The highest BCUT2D eigenvalue weighted by Gasteiger charge is 2.43. The van der Waals surface area contributed by atoms with Gasteiger partial charge < -0.3 is 11.1 Å². The average Bonchev–Trinajstić information content (AvgIpc) is 2.07. The molecule has 2 aliphatic rings. The number of rotatable bonds is 2. The number of carbonyl (C=O) groups excluding carboxylic acids is 1. The Bertz CT molecular complexity index is 195. The summed E-state index contributed by atoms with van der Waals surface area (Å²) in [5.74, 6) is 0.853. The van der Waals surface area contributed by atoms with Crippen molar-refractivity contribution in [2.45, 2.75) is 32.1 Å². The number of hydrogen-bond donors (Lipinski definition) is 2. The van der Waals surface area contributed by atoms with Crippen LogP contribution in [-0.2, 0) is 4.79 Å². The lowest BCUT2D eigenvalue weighted by molar-refractivity contribution is -0.124. The summed E-state index contributed by atoms with van der Waals surface area (Å²) in [6.45, 7) is 1.66. The first-order valence-electron chi connectivity index (χ1n) is 5.24. The maximum Gasteiger partial charge on any atom is 0.220 e. The quantitative estimate of drug-likeness (QED) is 0.658. The first-order chi connectivity index (χ1) is 6.27. The fourth-order valence-electron chi connectivity index (χ4n) is 2.67. The van der Waals surface area contributed by atoms with Crippen molar-refractivity contribution in [1.82, 2.24) is 5.32 Å². The van der Waals surface area contributed by atoms with Gasteiger partial charge in [-0.3, -0.25) is 4.79 Å². The summed E-state index contributed by atoms with van der Waals surface area (Å²) < 4.78 is 0. The molecule has 1 unspecified atom stereocenters. The molecule has 1 aliphatic heterocycles. The van der Waals surface area contributed by atoms with Gasteiger partial charge in [0.05, 0.1) is 0 Å². The Kier molecular flexibility index (Phi) is 2.28. The van der Waals surface area contributed by atoms with Crippen molar-refractivity contribution in [2.24, 2.45) is 17.1 Å². The summed E-state index contributed by atoms with van der Waals surface area (Å²) in [5, 5.41) is 2.95. The molecule has 0 spiro atoms. The van der Waals surface area contributed by atoms with E-state index in [0.29, 0.717) is 17.8 Å². The summed E-state index contributed by atoms with van der Waals surface area (Å²) in [5.41, 5.74) is 6.20. The summed E-state index contributed by atoms with van der Waals surface area (Å²) in [4.78, 5) is 11.0. The fraction of sp³-hybridized carbons (Fsp3) is 0.900. The first-order valence-corrected chi connectivity index (χ1v) is 5.24. The molecule has 0 aromatic rings. The Hall–Kier alpha value is -0.570. The van der Waals surface area contributed by atoms with E-state index in [9.17, 15) is 4.79 Å². The fourth-order valence-corrected chi connectivity index (χ4v) is 2.67. The van der Waals surface area contributed by atoms with Crippen LogP contribution in [-0.4, -0.2) is 19.0 Å².